The van der Waals surface area contributed by atoms with E-state index in [0.29, 0.717) is 12.3 Å². The molecular formula is C9H20ClNO2S. The molecule has 0 heterocycles. The van der Waals surface area contributed by atoms with Gasteiger partial charge in [0.05, 0.1) is 5.75 Å². The number of nitrogens with one attached hydrogen (secondary N) is 1. The molecule has 0 aromatic rings. The molecular weight excluding hydrogens is 222 g/mol. The smallest absolute Gasteiger partial charge is 0.211 e. The van der Waals surface area contributed by atoms with E-state index >= 15 is 0 Å². The van der Waals surface area contributed by atoms with Crippen LogP contribution in [0.4, 0.5) is 0 Å². The van der Waals surface area contributed by atoms with Crippen molar-refractivity contribution in [2.45, 2.75) is 39.7 Å². The van der Waals surface area contributed by atoms with Crippen LogP contribution in [-0.2, 0) is 10.0 Å². The number of halogens is 1. The van der Waals surface area contributed by atoms with Gasteiger partial charge < -0.3 is 0 Å². The number of unbranched alkanes of at least 4 members (excludes halogenated alkanes) is 1. The molecule has 0 bridgehead atoms. The molecule has 0 rings (SSSR count). The zero-order valence-corrected chi connectivity index (χ0v) is 10.7. The maximum atomic E-state index is 11.5. The molecule has 0 radical (unpaired) electrons. The minimum absolute atomic E-state index is 0.154. The Hall–Kier alpha value is 0.200. The molecule has 1 N–H and O–H groups in total. The van der Waals surface area contributed by atoms with Gasteiger partial charge in [0.1, 0.15) is 0 Å². The van der Waals surface area contributed by atoms with Gasteiger partial charge in [-0.15, -0.1) is 11.6 Å². The second-order valence-electron chi connectivity index (χ2n) is 3.80. The van der Waals surface area contributed by atoms with Gasteiger partial charge in [-0.25, -0.2) is 13.1 Å². The van der Waals surface area contributed by atoms with Crippen LogP contribution in [0.5, 0.6) is 0 Å². The Balaban J connectivity index is 4.18. The minimum atomic E-state index is -3.13. The van der Waals surface area contributed by atoms with Gasteiger partial charge in [-0.1, -0.05) is 27.2 Å². The monoisotopic (exact) mass is 241 g/mol. The predicted molar refractivity (Wildman–Crippen MR) is 61.2 cm³/mol. The van der Waals surface area contributed by atoms with E-state index in [4.69, 9.17) is 11.6 Å². The highest BCUT2D eigenvalue weighted by Crippen LogP contribution is 2.06. The van der Waals surface area contributed by atoms with Crippen LogP contribution in [0.1, 0.15) is 33.6 Å². The Morgan fingerprint density at radius 3 is 2.29 bits per heavy atom. The number of sulfonamides is 1. The molecule has 3 nitrogen and oxygen atoms in total. The molecule has 0 aliphatic heterocycles. The first-order valence-corrected chi connectivity index (χ1v) is 7.17. The molecule has 0 fully saturated rings. The van der Waals surface area contributed by atoms with Crippen molar-refractivity contribution in [2.24, 2.45) is 5.92 Å². The SMILES string of the molecule is CCCCS(=O)(=O)NC(CCl)C(C)C. The molecule has 0 aromatic carbocycles. The first-order valence-electron chi connectivity index (χ1n) is 4.99. The van der Waals surface area contributed by atoms with Crippen molar-refractivity contribution < 1.29 is 8.42 Å². The van der Waals surface area contributed by atoms with Crippen LogP contribution in [0.2, 0.25) is 0 Å². The second-order valence-corrected chi connectivity index (χ2v) is 5.98. The van der Waals surface area contributed by atoms with Gasteiger partial charge in [-0.3, -0.25) is 0 Å². The summed E-state index contributed by atoms with van der Waals surface area (Å²) in [5.74, 6) is 0.746. The van der Waals surface area contributed by atoms with Crippen LogP contribution >= 0.6 is 11.6 Å². The quantitative estimate of drug-likeness (QED) is 0.693. The van der Waals surface area contributed by atoms with E-state index in [1.54, 1.807) is 0 Å². The van der Waals surface area contributed by atoms with Gasteiger partial charge >= 0.3 is 0 Å². The van der Waals surface area contributed by atoms with Crippen molar-refractivity contribution in [1.29, 1.82) is 0 Å². The summed E-state index contributed by atoms with van der Waals surface area (Å²) in [6.45, 7) is 5.88. The van der Waals surface area contributed by atoms with Crippen molar-refractivity contribution in [1.82, 2.24) is 4.72 Å². The lowest BCUT2D eigenvalue weighted by Gasteiger charge is -2.19. The lowest BCUT2D eigenvalue weighted by Crippen LogP contribution is -2.40. The van der Waals surface area contributed by atoms with Gasteiger partial charge in [0.25, 0.3) is 0 Å². The summed E-state index contributed by atoms with van der Waals surface area (Å²) < 4.78 is 25.6. The highest BCUT2D eigenvalue weighted by atomic mass is 35.5. The molecule has 5 heteroatoms. The largest absolute Gasteiger partial charge is 0.212 e. The molecule has 0 aliphatic carbocycles. The number of hydrogen-bond acceptors (Lipinski definition) is 2. The Kier molecular flexibility index (Phi) is 6.74. The highest BCUT2D eigenvalue weighted by molar-refractivity contribution is 7.89. The molecule has 0 aliphatic rings. The summed E-state index contributed by atoms with van der Waals surface area (Å²) in [5, 5.41) is 0. The fourth-order valence-corrected chi connectivity index (χ4v) is 3.10. The molecule has 0 saturated carbocycles. The number of hydrogen-bond donors (Lipinski definition) is 1. The highest BCUT2D eigenvalue weighted by Gasteiger charge is 2.19. The van der Waals surface area contributed by atoms with Crippen LogP contribution in [0.25, 0.3) is 0 Å². The normalized spacial score (nSPS) is 14.6. The fourth-order valence-electron chi connectivity index (χ4n) is 0.970. The average Bonchev–Trinajstić information content (AvgIpc) is 2.10. The zero-order chi connectivity index (χ0) is 11.2. The molecule has 1 atom stereocenters. The van der Waals surface area contributed by atoms with Crippen LogP contribution < -0.4 is 4.72 Å². The Morgan fingerprint density at radius 1 is 1.36 bits per heavy atom. The Bertz CT molecular complexity index is 239. The van der Waals surface area contributed by atoms with E-state index in [0.717, 1.165) is 6.42 Å². The lowest BCUT2D eigenvalue weighted by molar-refractivity contribution is 0.479. The van der Waals surface area contributed by atoms with Crippen molar-refractivity contribution in [3.63, 3.8) is 0 Å². The number of alkyl halides is 1. The van der Waals surface area contributed by atoms with Crippen molar-refractivity contribution in [3.8, 4) is 0 Å². The van der Waals surface area contributed by atoms with Gasteiger partial charge in [-0.2, -0.15) is 0 Å². The summed E-state index contributed by atoms with van der Waals surface area (Å²) in [6.07, 6.45) is 1.58. The first kappa shape index (κ1) is 14.2. The fraction of sp³-hybridized carbons (Fsp3) is 1.00. The van der Waals surface area contributed by atoms with Gasteiger partial charge in [-0.05, 0) is 12.3 Å². The molecule has 0 amide bonds. The van der Waals surface area contributed by atoms with E-state index < -0.39 is 10.0 Å². The summed E-state index contributed by atoms with van der Waals surface area (Å²) in [5.41, 5.74) is 0. The standard InChI is InChI=1S/C9H20ClNO2S/c1-4-5-6-14(12,13)11-9(7-10)8(2)3/h8-9,11H,4-7H2,1-3H3. The Labute approximate surface area is 92.3 Å². The van der Waals surface area contributed by atoms with E-state index in [1.165, 1.54) is 0 Å². The average molecular weight is 242 g/mol. The third kappa shape index (κ3) is 5.83. The minimum Gasteiger partial charge on any atom is -0.212 e. The maximum Gasteiger partial charge on any atom is 0.211 e. The van der Waals surface area contributed by atoms with Crippen LogP contribution in [0.3, 0.4) is 0 Å². The molecule has 0 aromatic heterocycles. The molecule has 86 valence electrons. The maximum absolute atomic E-state index is 11.5. The summed E-state index contributed by atoms with van der Waals surface area (Å²) in [4.78, 5) is 0. The predicted octanol–water partition coefficient (Wildman–Crippen LogP) is 1.97. The van der Waals surface area contributed by atoms with Gasteiger partial charge in [0, 0.05) is 11.9 Å². The summed E-state index contributed by atoms with van der Waals surface area (Å²) in [7, 11) is -3.13. The molecule has 1 unspecified atom stereocenters. The van der Waals surface area contributed by atoms with Crippen LogP contribution in [0, 0.1) is 5.92 Å². The van der Waals surface area contributed by atoms with Crippen LogP contribution in [-0.4, -0.2) is 26.1 Å². The van der Waals surface area contributed by atoms with Gasteiger partial charge in [0.2, 0.25) is 10.0 Å². The molecule has 0 saturated heterocycles. The van der Waals surface area contributed by atoms with Crippen molar-refractivity contribution >= 4 is 21.6 Å². The summed E-state index contributed by atoms with van der Waals surface area (Å²) >= 11 is 5.68. The molecule has 14 heavy (non-hydrogen) atoms. The van der Waals surface area contributed by atoms with Gasteiger partial charge in [0.15, 0.2) is 0 Å². The first-order chi connectivity index (χ1) is 6.43. The zero-order valence-electron chi connectivity index (χ0n) is 9.09. The van der Waals surface area contributed by atoms with E-state index in [2.05, 4.69) is 4.72 Å². The van der Waals surface area contributed by atoms with Crippen LogP contribution in [0.15, 0.2) is 0 Å². The van der Waals surface area contributed by atoms with E-state index in [9.17, 15) is 8.42 Å². The Morgan fingerprint density at radius 2 is 1.93 bits per heavy atom. The lowest BCUT2D eigenvalue weighted by atomic mass is 10.1. The number of rotatable bonds is 7. The summed E-state index contributed by atoms with van der Waals surface area (Å²) in [6, 6.07) is -0.154. The van der Waals surface area contributed by atoms with Crippen molar-refractivity contribution in [3.05, 3.63) is 0 Å². The van der Waals surface area contributed by atoms with Crippen molar-refractivity contribution in [2.75, 3.05) is 11.6 Å². The molecule has 0 spiro atoms. The third-order valence-electron chi connectivity index (χ3n) is 2.07. The van der Waals surface area contributed by atoms with E-state index in [1.807, 2.05) is 20.8 Å². The van der Waals surface area contributed by atoms with E-state index in [-0.39, 0.29) is 17.7 Å². The third-order valence-corrected chi connectivity index (χ3v) is 3.89. The topological polar surface area (TPSA) is 46.2 Å². The second kappa shape index (κ2) is 6.64.